The number of aryl methyl sites for hydroxylation is 1. The Morgan fingerprint density at radius 1 is 1.16 bits per heavy atom. The molecule has 3 aliphatic rings. The van der Waals surface area contributed by atoms with Gasteiger partial charge < -0.3 is 19.9 Å². The van der Waals surface area contributed by atoms with Crippen LogP contribution in [0.15, 0.2) is 47.9 Å². The zero-order valence-corrected chi connectivity index (χ0v) is 21.2. The van der Waals surface area contributed by atoms with Crippen molar-refractivity contribution < 1.29 is 9.53 Å². The van der Waals surface area contributed by atoms with E-state index in [0.717, 1.165) is 48.0 Å². The average Bonchev–Trinajstić information content (AvgIpc) is 2.90. The third kappa shape index (κ3) is 4.17. The number of para-hydroxylation sites is 1. The first-order valence-electron chi connectivity index (χ1n) is 13.1. The van der Waals surface area contributed by atoms with Crippen LogP contribution in [-0.4, -0.2) is 52.8 Å². The number of fused-ring (bicyclic) bond motifs is 2. The summed E-state index contributed by atoms with van der Waals surface area (Å²) in [4.78, 5) is 40.1. The summed E-state index contributed by atoms with van der Waals surface area (Å²) in [5, 5.41) is 4.15. The molecule has 9 heteroatoms. The molecule has 0 radical (unpaired) electrons. The van der Waals surface area contributed by atoms with E-state index >= 15 is 0 Å². The Bertz CT molecular complexity index is 1420. The van der Waals surface area contributed by atoms with Gasteiger partial charge in [-0.15, -0.1) is 0 Å². The summed E-state index contributed by atoms with van der Waals surface area (Å²) in [5.41, 5.74) is 3.85. The van der Waals surface area contributed by atoms with Crippen molar-refractivity contribution in [1.29, 1.82) is 0 Å². The van der Waals surface area contributed by atoms with Gasteiger partial charge in [0.2, 0.25) is 5.95 Å². The van der Waals surface area contributed by atoms with Crippen molar-refractivity contribution in [2.24, 2.45) is 0 Å². The standard InChI is InChI=1S/C28H32N6O3/c1-3-24(35)33-13-12-32(22-11-7-8-18(2)25(22)33)23-14-19-15-29-28(30-20-16-37-17-20)31-26(19)34(27(23)36)21-9-5-4-6-10-21/h3,7-8,11,14-15,20-21H,1,4-6,9-10,12-13,16-17H2,2H3,(H,29,30,31). The van der Waals surface area contributed by atoms with E-state index in [1.54, 1.807) is 11.1 Å². The molecular formula is C28H32N6O3. The highest BCUT2D eigenvalue weighted by Gasteiger charge is 2.31. The van der Waals surface area contributed by atoms with Crippen LogP contribution in [0.25, 0.3) is 11.0 Å². The van der Waals surface area contributed by atoms with Gasteiger partial charge >= 0.3 is 0 Å². The van der Waals surface area contributed by atoms with Crippen molar-refractivity contribution in [2.75, 3.05) is 41.4 Å². The molecule has 2 fully saturated rings. The van der Waals surface area contributed by atoms with Gasteiger partial charge in [0.05, 0.1) is 30.6 Å². The predicted octanol–water partition coefficient (Wildman–Crippen LogP) is 4.09. The molecule has 9 nitrogen and oxygen atoms in total. The average molecular weight is 501 g/mol. The minimum Gasteiger partial charge on any atom is -0.377 e. The molecule has 0 atom stereocenters. The van der Waals surface area contributed by atoms with E-state index in [4.69, 9.17) is 9.72 Å². The maximum Gasteiger partial charge on any atom is 0.276 e. The minimum atomic E-state index is -0.140. The zero-order chi connectivity index (χ0) is 25.5. The fourth-order valence-electron chi connectivity index (χ4n) is 5.77. The summed E-state index contributed by atoms with van der Waals surface area (Å²) in [7, 11) is 0. The molecule has 3 aromatic rings. The van der Waals surface area contributed by atoms with Crippen LogP contribution in [-0.2, 0) is 9.53 Å². The van der Waals surface area contributed by atoms with Gasteiger partial charge in [0.25, 0.3) is 11.5 Å². The Balaban J connectivity index is 1.50. The highest BCUT2D eigenvalue weighted by molar-refractivity contribution is 6.05. The van der Waals surface area contributed by atoms with E-state index in [9.17, 15) is 9.59 Å². The van der Waals surface area contributed by atoms with Gasteiger partial charge in [-0.05, 0) is 43.5 Å². The molecular weight excluding hydrogens is 468 g/mol. The van der Waals surface area contributed by atoms with Crippen molar-refractivity contribution in [1.82, 2.24) is 14.5 Å². The number of rotatable bonds is 5. The lowest BCUT2D eigenvalue weighted by molar-refractivity contribution is -0.114. The Labute approximate surface area is 215 Å². The number of pyridine rings is 1. The molecule has 2 aliphatic heterocycles. The number of ether oxygens (including phenoxy) is 1. The predicted molar refractivity (Wildman–Crippen MR) is 145 cm³/mol. The lowest BCUT2D eigenvalue weighted by Gasteiger charge is -2.38. The van der Waals surface area contributed by atoms with Crippen LogP contribution < -0.4 is 20.7 Å². The first kappa shape index (κ1) is 23.7. The van der Waals surface area contributed by atoms with E-state index in [1.807, 2.05) is 40.7 Å². The van der Waals surface area contributed by atoms with Crippen LogP contribution >= 0.6 is 0 Å². The summed E-state index contributed by atoms with van der Waals surface area (Å²) in [6.45, 7) is 7.90. The summed E-state index contributed by atoms with van der Waals surface area (Å²) in [6.07, 6.45) is 8.46. The topological polar surface area (TPSA) is 92.6 Å². The van der Waals surface area contributed by atoms with Crippen LogP contribution in [0, 0.1) is 6.92 Å². The van der Waals surface area contributed by atoms with Crippen LogP contribution in [0.4, 0.5) is 23.0 Å². The molecule has 1 aromatic carbocycles. The number of hydrogen-bond acceptors (Lipinski definition) is 7. The fraction of sp³-hybridized carbons (Fsp3) is 0.429. The molecule has 4 heterocycles. The molecule has 1 N–H and O–H groups in total. The van der Waals surface area contributed by atoms with Gasteiger partial charge in [-0.1, -0.05) is 38.0 Å². The summed E-state index contributed by atoms with van der Waals surface area (Å²) >= 11 is 0. The van der Waals surface area contributed by atoms with E-state index in [1.165, 1.54) is 12.5 Å². The third-order valence-electron chi connectivity index (χ3n) is 7.72. The molecule has 2 aromatic heterocycles. The number of carbonyl (C=O) groups excluding carboxylic acids is 1. The van der Waals surface area contributed by atoms with Crippen LogP contribution in [0.2, 0.25) is 0 Å². The van der Waals surface area contributed by atoms with Gasteiger partial charge in [-0.2, -0.15) is 4.98 Å². The molecule has 192 valence electrons. The van der Waals surface area contributed by atoms with Crippen LogP contribution in [0.5, 0.6) is 0 Å². The molecule has 6 rings (SSSR count). The number of aromatic nitrogens is 3. The Kier molecular flexibility index (Phi) is 6.16. The minimum absolute atomic E-state index is 0.0491. The number of anilines is 4. The van der Waals surface area contributed by atoms with Crippen molar-refractivity contribution >= 4 is 40.0 Å². The van der Waals surface area contributed by atoms with Crippen LogP contribution in [0.1, 0.15) is 43.7 Å². The van der Waals surface area contributed by atoms with Gasteiger partial charge in [-0.25, -0.2) is 4.98 Å². The Morgan fingerprint density at radius 2 is 1.97 bits per heavy atom. The van der Waals surface area contributed by atoms with Crippen molar-refractivity contribution in [3.8, 4) is 0 Å². The smallest absolute Gasteiger partial charge is 0.276 e. The Morgan fingerprint density at radius 3 is 2.70 bits per heavy atom. The quantitative estimate of drug-likeness (QED) is 0.528. The SMILES string of the molecule is C=CC(=O)N1CCN(c2cc3cnc(NC4COC4)nc3n(C3CCCCC3)c2=O)c2cccc(C)c21. The lowest BCUT2D eigenvalue weighted by Crippen LogP contribution is -2.44. The molecule has 37 heavy (non-hydrogen) atoms. The summed E-state index contributed by atoms with van der Waals surface area (Å²) in [6, 6.07) is 8.13. The molecule has 1 aliphatic carbocycles. The zero-order valence-electron chi connectivity index (χ0n) is 21.2. The normalized spacial score (nSPS) is 18.4. The second kappa shape index (κ2) is 9.63. The molecule has 0 bridgehead atoms. The van der Waals surface area contributed by atoms with Crippen LogP contribution in [0.3, 0.4) is 0 Å². The van der Waals surface area contributed by atoms with Crippen molar-refractivity contribution in [3.05, 3.63) is 59.0 Å². The number of carbonyl (C=O) groups is 1. The maximum absolute atomic E-state index is 14.3. The van der Waals surface area contributed by atoms with Crippen molar-refractivity contribution in [2.45, 2.75) is 51.1 Å². The van der Waals surface area contributed by atoms with E-state index in [0.29, 0.717) is 43.6 Å². The Hall–Kier alpha value is -3.72. The van der Waals surface area contributed by atoms with Gasteiger partial charge in [0.15, 0.2) is 0 Å². The number of amides is 1. The van der Waals surface area contributed by atoms with Gasteiger partial charge in [0, 0.05) is 30.7 Å². The second-order valence-corrected chi connectivity index (χ2v) is 10.1. The molecule has 0 spiro atoms. The largest absolute Gasteiger partial charge is 0.377 e. The molecule has 1 saturated carbocycles. The van der Waals surface area contributed by atoms with E-state index in [-0.39, 0.29) is 23.6 Å². The maximum atomic E-state index is 14.3. The van der Waals surface area contributed by atoms with Gasteiger partial charge in [-0.3, -0.25) is 14.2 Å². The summed E-state index contributed by atoms with van der Waals surface area (Å²) in [5.74, 6) is 0.383. The second-order valence-electron chi connectivity index (χ2n) is 10.1. The van der Waals surface area contributed by atoms with Crippen molar-refractivity contribution in [3.63, 3.8) is 0 Å². The first-order chi connectivity index (χ1) is 18.0. The van der Waals surface area contributed by atoms with Gasteiger partial charge in [0.1, 0.15) is 11.3 Å². The molecule has 1 amide bonds. The third-order valence-corrected chi connectivity index (χ3v) is 7.72. The first-order valence-corrected chi connectivity index (χ1v) is 13.1. The molecule has 1 saturated heterocycles. The number of nitrogens with zero attached hydrogens (tertiary/aromatic N) is 5. The number of hydrogen-bond donors (Lipinski definition) is 1. The van der Waals surface area contributed by atoms with E-state index in [2.05, 4.69) is 16.9 Å². The molecule has 0 unspecified atom stereocenters. The fourth-order valence-corrected chi connectivity index (χ4v) is 5.77. The monoisotopic (exact) mass is 500 g/mol. The lowest BCUT2D eigenvalue weighted by atomic mass is 9.95. The number of nitrogens with one attached hydrogen (secondary N) is 1. The number of benzene rings is 1. The highest BCUT2D eigenvalue weighted by Crippen LogP contribution is 2.40. The highest BCUT2D eigenvalue weighted by atomic mass is 16.5. The summed E-state index contributed by atoms with van der Waals surface area (Å²) < 4.78 is 7.18. The van der Waals surface area contributed by atoms with E-state index < -0.39 is 0 Å².